The summed E-state index contributed by atoms with van der Waals surface area (Å²) in [7, 11) is 0. The van der Waals surface area contributed by atoms with Crippen molar-refractivity contribution < 1.29 is 4.74 Å². The van der Waals surface area contributed by atoms with Crippen LogP contribution in [0.15, 0.2) is 23.0 Å². The number of ether oxygens (including phenoxy) is 1. The molecular formula is C21H30N2O2. The van der Waals surface area contributed by atoms with Crippen molar-refractivity contribution in [1.82, 2.24) is 9.88 Å². The maximum atomic E-state index is 13.1. The number of hydrogen-bond donors (Lipinski definition) is 1. The van der Waals surface area contributed by atoms with Crippen molar-refractivity contribution in [2.24, 2.45) is 0 Å². The van der Waals surface area contributed by atoms with E-state index < -0.39 is 0 Å². The SMILES string of the molecule is CCCCOc1ccc2[nH]c(C)c(CN3CCCC[C@@H]3C)c(=O)c2c1. The van der Waals surface area contributed by atoms with E-state index in [9.17, 15) is 4.79 Å². The zero-order valence-corrected chi connectivity index (χ0v) is 15.7. The number of nitrogens with one attached hydrogen (secondary N) is 1. The van der Waals surface area contributed by atoms with Gasteiger partial charge >= 0.3 is 0 Å². The molecule has 0 unspecified atom stereocenters. The summed E-state index contributed by atoms with van der Waals surface area (Å²) in [5.41, 5.74) is 2.91. The molecule has 1 saturated heterocycles. The predicted octanol–water partition coefficient (Wildman–Crippen LogP) is 4.39. The first kappa shape index (κ1) is 18.0. The van der Waals surface area contributed by atoms with Gasteiger partial charge in [0.05, 0.1) is 6.61 Å². The van der Waals surface area contributed by atoms with Crippen molar-refractivity contribution in [2.75, 3.05) is 13.2 Å². The van der Waals surface area contributed by atoms with Crippen LogP contribution in [0.5, 0.6) is 5.75 Å². The Bertz CT molecular complexity index is 781. The summed E-state index contributed by atoms with van der Waals surface area (Å²) in [6.07, 6.45) is 5.87. The molecule has 1 aliphatic rings. The summed E-state index contributed by atoms with van der Waals surface area (Å²) in [6, 6.07) is 6.34. The van der Waals surface area contributed by atoms with E-state index in [2.05, 4.69) is 23.7 Å². The molecule has 2 aromatic rings. The maximum Gasteiger partial charge on any atom is 0.194 e. The number of unbranched alkanes of at least 4 members (excludes halogenated alkanes) is 1. The van der Waals surface area contributed by atoms with E-state index in [0.29, 0.717) is 12.6 Å². The van der Waals surface area contributed by atoms with Gasteiger partial charge in [-0.3, -0.25) is 9.69 Å². The lowest BCUT2D eigenvalue weighted by Crippen LogP contribution is -2.38. The molecule has 0 radical (unpaired) electrons. The predicted molar refractivity (Wildman–Crippen MR) is 103 cm³/mol. The van der Waals surface area contributed by atoms with E-state index >= 15 is 0 Å². The molecule has 4 nitrogen and oxygen atoms in total. The summed E-state index contributed by atoms with van der Waals surface area (Å²) in [4.78, 5) is 19.0. The van der Waals surface area contributed by atoms with Gasteiger partial charge in [-0.2, -0.15) is 0 Å². The average Bonchev–Trinajstić information content (AvgIpc) is 2.61. The monoisotopic (exact) mass is 342 g/mol. The molecule has 0 spiro atoms. The highest BCUT2D eigenvalue weighted by atomic mass is 16.5. The Morgan fingerprint density at radius 2 is 2.16 bits per heavy atom. The van der Waals surface area contributed by atoms with Gasteiger partial charge in [0.2, 0.25) is 0 Å². The standard InChI is InChI=1S/C21H30N2O2/c1-4-5-12-25-17-9-10-20-18(13-17)21(24)19(16(3)22-20)14-23-11-7-6-8-15(23)2/h9-10,13,15H,4-8,11-12,14H2,1-3H3,(H,22,24)/t15-/m0/s1. The third-order valence-electron chi connectivity index (χ3n) is 5.35. The Balaban J connectivity index is 1.91. The van der Waals surface area contributed by atoms with Crippen LogP contribution in [0.1, 0.15) is 57.2 Å². The number of likely N-dealkylation sites (tertiary alicyclic amines) is 1. The molecule has 0 saturated carbocycles. The first-order valence-corrected chi connectivity index (χ1v) is 9.62. The number of aryl methyl sites for hydroxylation is 1. The molecule has 2 heterocycles. The zero-order chi connectivity index (χ0) is 17.8. The molecule has 1 fully saturated rings. The number of aromatic nitrogens is 1. The molecular weight excluding hydrogens is 312 g/mol. The van der Waals surface area contributed by atoms with Crippen LogP contribution in [0.4, 0.5) is 0 Å². The van der Waals surface area contributed by atoms with Gasteiger partial charge in [0.15, 0.2) is 5.43 Å². The van der Waals surface area contributed by atoms with E-state index in [1.807, 2.05) is 25.1 Å². The largest absolute Gasteiger partial charge is 0.494 e. The minimum Gasteiger partial charge on any atom is -0.494 e. The number of hydrogen-bond acceptors (Lipinski definition) is 3. The molecule has 0 amide bonds. The Labute approximate surface area is 150 Å². The van der Waals surface area contributed by atoms with Gasteiger partial charge in [-0.05, 0) is 57.9 Å². The number of piperidine rings is 1. The van der Waals surface area contributed by atoms with Crippen molar-refractivity contribution in [2.45, 2.75) is 65.5 Å². The van der Waals surface area contributed by atoms with Gasteiger partial charge in [0.25, 0.3) is 0 Å². The second kappa shape index (κ2) is 8.05. The zero-order valence-electron chi connectivity index (χ0n) is 15.7. The van der Waals surface area contributed by atoms with E-state index in [1.165, 1.54) is 19.3 Å². The van der Waals surface area contributed by atoms with Crippen LogP contribution >= 0.6 is 0 Å². The quantitative estimate of drug-likeness (QED) is 0.792. The molecule has 0 bridgehead atoms. The number of fused-ring (bicyclic) bond motifs is 1. The van der Waals surface area contributed by atoms with Gasteiger partial charge in [-0.1, -0.05) is 19.8 Å². The topological polar surface area (TPSA) is 45.3 Å². The Morgan fingerprint density at radius 1 is 1.32 bits per heavy atom. The van der Waals surface area contributed by atoms with Crippen molar-refractivity contribution in [3.63, 3.8) is 0 Å². The summed E-state index contributed by atoms with van der Waals surface area (Å²) in [5, 5.41) is 0.735. The Morgan fingerprint density at radius 3 is 2.92 bits per heavy atom. The molecule has 1 aliphatic heterocycles. The van der Waals surface area contributed by atoms with Crippen LogP contribution in [0.2, 0.25) is 0 Å². The van der Waals surface area contributed by atoms with E-state index in [0.717, 1.165) is 53.8 Å². The number of aromatic amines is 1. The van der Waals surface area contributed by atoms with Gasteiger partial charge in [-0.15, -0.1) is 0 Å². The van der Waals surface area contributed by atoms with Crippen molar-refractivity contribution in [1.29, 1.82) is 0 Å². The lowest BCUT2D eigenvalue weighted by atomic mass is 10.0. The molecule has 0 aliphatic carbocycles. The second-order valence-electron chi connectivity index (χ2n) is 7.28. The van der Waals surface area contributed by atoms with E-state index in [1.54, 1.807) is 0 Å². The number of pyridine rings is 1. The average molecular weight is 342 g/mol. The van der Waals surface area contributed by atoms with Gasteiger partial charge < -0.3 is 9.72 Å². The fourth-order valence-corrected chi connectivity index (χ4v) is 3.64. The number of H-pyrrole nitrogens is 1. The minimum absolute atomic E-state index is 0.143. The van der Waals surface area contributed by atoms with Crippen LogP contribution in [-0.4, -0.2) is 29.1 Å². The molecule has 1 aromatic heterocycles. The highest BCUT2D eigenvalue weighted by Gasteiger charge is 2.21. The van der Waals surface area contributed by atoms with Crippen molar-refractivity contribution >= 4 is 10.9 Å². The maximum absolute atomic E-state index is 13.1. The molecule has 1 aromatic carbocycles. The highest BCUT2D eigenvalue weighted by Crippen LogP contribution is 2.22. The summed E-state index contributed by atoms with van der Waals surface area (Å²) in [5.74, 6) is 0.785. The first-order valence-electron chi connectivity index (χ1n) is 9.62. The molecule has 1 N–H and O–H groups in total. The van der Waals surface area contributed by atoms with Gasteiger partial charge in [0, 0.05) is 34.7 Å². The molecule has 4 heteroatoms. The highest BCUT2D eigenvalue weighted by molar-refractivity contribution is 5.81. The lowest BCUT2D eigenvalue weighted by Gasteiger charge is -2.33. The fraction of sp³-hybridized carbons (Fsp3) is 0.571. The van der Waals surface area contributed by atoms with Crippen molar-refractivity contribution in [3.05, 3.63) is 39.7 Å². The van der Waals surface area contributed by atoms with E-state index in [4.69, 9.17) is 4.74 Å². The number of rotatable bonds is 6. The molecule has 25 heavy (non-hydrogen) atoms. The molecule has 1 atom stereocenters. The van der Waals surface area contributed by atoms with Crippen LogP contribution in [0, 0.1) is 6.92 Å². The fourth-order valence-electron chi connectivity index (χ4n) is 3.64. The minimum atomic E-state index is 0.143. The van der Waals surface area contributed by atoms with Crippen LogP contribution in [0.25, 0.3) is 10.9 Å². The summed E-state index contributed by atoms with van der Waals surface area (Å²) >= 11 is 0. The Kier molecular flexibility index (Phi) is 5.79. The van der Waals surface area contributed by atoms with E-state index in [-0.39, 0.29) is 5.43 Å². The molecule has 3 rings (SSSR count). The third kappa shape index (κ3) is 4.06. The van der Waals surface area contributed by atoms with Gasteiger partial charge in [0.1, 0.15) is 5.75 Å². The second-order valence-corrected chi connectivity index (χ2v) is 7.28. The first-order chi connectivity index (χ1) is 12.1. The summed E-state index contributed by atoms with van der Waals surface area (Å²) in [6.45, 7) is 8.94. The van der Waals surface area contributed by atoms with Crippen LogP contribution < -0.4 is 10.2 Å². The summed E-state index contributed by atoms with van der Waals surface area (Å²) < 4.78 is 5.78. The third-order valence-corrected chi connectivity index (χ3v) is 5.35. The van der Waals surface area contributed by atoms with Crippen LogP contribution in [-0.2, 0) is 6.54 Å². The van der Waals surface area contributed by atoms with Crippen LogP contribution in [0.3, 0.4) is 0 Å². The lowest BCUT2D eigenvalue weighted by molar-refractivity contribution is 0.152. The number of benzene rings is 1. The Hall–Kier alpha value is -1.81. The normalized spacial score (nSPS) is 18.6. The molecule has 136 valence electrons. The smallest absolute Gasteiger partial charge is 0.194 e. The van der Waals surface area contributed by atoms with Gasteiger partial charge in [-0.25, -0.2) is 0 Å². The van der Waals surface area contributed by atoms with Crippen molar-refractivity contribution in [3.8, 4) is 5.75 Å². The number of nitrogens with zero attached hydrogens (tertiary/aromatic N) is 1.